The van der Waals surface area contributed by atoms with Crippen LogP contribution in [0.4, 0.5) is 0 Å². The number of benzene rings is 1. The molecule has 2 N–H and O–H groups in total. The number of fused-ring (bicyclic) bond motifs is 6. The quantitative estimate of drug-likeness (QED) is 0.102. The molecular weight excluding hydrogens is 821 g/mol. The molecule has 8 aliphatic rings. The van der Waals surface area contributed by atoms with Crippen LogP contribution >= 0.6 is 11.8 Å². The Morgan fingerprint density at radius 2 is 1.83 bits per heavy atom. The molecule has 1 saturated carbocycles. The molecule has 13 nitrogen and oxygen atoms in total. The van der Waals surface area contributed by atoms with Crippen molar-refractivity contribution in [3.05, 3.63) is 65.0 Å². The van der Waals surface area contributed by atoms with Gasteiger partial charge < -0.3 is 38.7 Å². The molecule has 63 heavy (non-hydrogen) atoms. The summed E-state index contributed by atoms with van der Waals surface area (Å²) in [5.74, 6) is -1.05. The van der Waals surface area contributed by atoms with Crippen LogP contribution in [0.3, 0.4) is 0 Å². The lowest BCUT2D eigenvalue weighted by molar-refractivity contribution is -0.182. The number of hydrogen-bond acceptors (Lipinski definition) is 13. The van der Waals surface area contributed by atoms with E-state index in [2.05, 4.69) is 83.0 Å². The minimum atomic E-state index is -1.64. The molecule has 2 spiro atoms. The van der Waals surface area contributed by atoms with Crippen LogP contribution in [0.1, 0.15) is 77.5 Å². The number of likely N-dealkylation sites (tertiary alicyclic amines) is 1. The fraction of sp³-hybridized carbons (Fsp3) is 0.653. The minimum absolute atomic E-state index is 0.0519. The van der Waals surface area contributed by atoms with Gasteiger partial charge in [-0.2, -0.15) is 0 Å². The number of likely N-dealkylation sites (N-methyl/N-ethyl adjacent to an activating group) is 1. The van der Waals surface area contributed by atoms with Gasteiger partial charge >= 0.3 is 17.9 Å². The Labute approximate surface area is 374 Å². The smallest absolute Gasteiger partial charge is 0.347 e. The molecule has 12 atom stereocenters. The van der Waals surface area contributed by atoms with Crippen LogP contribution in [0.5, 0.6) is 0 Å². The van der Waals surface area contributed by atoms with Gasteiger partial charge in [-0.15, -0.1) is 11.8 Å². The Balaban J connectivity index is 1.24. The van der Waals surface area contributed by atoms with E-state index in [0.717, 1.165) is 65.2 Å². The number of allylic oxidation sites excluding steroid dienone is 1. The van der Waals surface area contributed by atoms with Crippen LogP contribution < -0.4 is 0 Å². The fourth-order valence-electron chi connectivity index (χ4n) is 14.7. The molecule has 340 valence electrons. The number of methoxy groups -OCH3 is 3. The Morgan fingerprint density at radius 1 is 1.03 bits per heavy atom. The van der Waals surface area contributed by atoms with Crippen LogP contribution in [0.2, 0.25) is 0 Å². The number of ether oxygens (including phenoxy) is 5. The molecule has 3 unspecified atom stereocenters. The van der Waals surface area contributed by atoms with Crippen molar-refractivity contribution in [1.82, 2.24) is 19.7 Å². The minimum Gasteiger partial charge on any atom is -0.468 e. The monoisotopic (exact) mass is 884 g/mol. The standard InChI is InChI=1S/C49H64N4O9S/c1-9-21-63-31-13-14-36-33(22-31)32-15-19-52-27-30(25-44(57,10-2)28-52)26-46(39(32)50-36,42(55)59-7)35-23-34-37(24-38(35)58-6)51(5)49-47(34)17-20-53-18-12-16-45(11-3,40(47)53)41(61-29(4)54)48(49,62-49)43(56)60-8/h12-14,16,22-24,30,35,38,40-41,50,57H,9-11,15,17-21,25-28H2,1-8H3/t30-,35?,38?,40+,41-,44+,45-,46+,47-,48+,49+/m1/s1. The summed E-state index contributed by atoms with van der Waals surface area (Å²) in [5.41, 5.74) is -1.95. The Bertz CT molecular complexity index is 2350. The number of H-pyrrole nitrogens is 1. The third-order valence-electron chi connectivity index (χ3n) is 17.0. The van der Waals surface area contributed by atoms with Gasteiger partial charge in [0.25, 0.3) is 5.60 Å². The number of rotatable bonds is 10. The molecule has 1 aromatic heterocycles. The second kappa shape index (κ2) is 14.9. The number of hydrogen-bond donors (Lipinski definition) is 2. The normalized spacial score (nSPS) is 40.8. The van der Waals surface area contributed by atoms with E-state index in [4.69, 9.17) is 23.7 Å². The maximum atomic E-state index is 15.6. The molecule has 5 fully saturated rings. The van der Waals surface area contributed by atoms with Crippen LogP contribution in [-0.4, -0.2) is 145 Å². The molecule has 2 bridgehead atoms. The predicted octanol–water partition coefficient (Wildman–Crippen LogP) is 5.50. The molecule has 4 saturated heterocycles. The number of aromatic amines is 1. The summed E-state index contributed by atoms with van der Waals surface area (Å²) >= 11 is 1.84. The third-order valence-corrected chi connectivity index (χ3v) is 18.2. The number of carbonyl (C=O) groups is 3. The summed E-state index contributed by atoms with van der Waals surface area (Å²) in [6, 6.07) is 6.37. The van der Waals surface area contributed by atoms with Crippen molar-refractivity contribution in [3.63, 3.8) is 0 Å². The zero-order chi connectivity index (χ0) is 44.5. The van der Waals surface area contributed by atoms with Crippen molar-refractivity contribution < 1.29 is 43.2 Å². The molecule has 2 aromatic rings. The van der Waals surface area contributed by atoms with Crippen LogP contribution in [0.15, 0.2) is 58.7 Å². The molecule has 1 aromatic carbocycles. The lowest BCUT2D eigenvalue weighted by atomic mass is 9.48. The zero-order valence-electron chi connectivity index (χ0n) is 38.1. The maximum Gasteiger partial charge on any atom is 0.347 e. The van der Waals surface area contributed by atoms with Crippen LogP contribution in [0.25, 0.3) is 10.9 Å². The summed E-state index contributed by atoms with van der Waals surface area (Å²) < 4.78 is 31.9. The van der Waals surface area contributed by atoms with Gasteiger partial charge in [-0.3, -0.25) is 19.4 Å². The third kappa shape index (κ3) is 5.45. The lowest BCUT2D eigenvalue weighted by Crippen LogP contribution is -2.73. The SMILES string of the molecule is CCCSc1ccc2[nH]c3c(c2c1)CCN1C[C@H](C[C@@](O)(CC)C1)C[C@]3(C(=O)OC)C1C=C2C(=CC1OC)N(C)[C@@]13O[C@]1(C(=O)OC)[C@H](OC(C)=O)[C@]1(CC)C=CCN4CC[C@]23[C@@H]41. The molecule has 14 heteroatoms. The largest absolute Gasteiger partial charge is 0.468 e. The summed E-state index contributed by atoms with van der Waals surface area (Å²) in [6.45, 7) is 11.2. The molecule has 6 aliphatic heterocycles. The van der Waals surface area contributed by atoms with Crippen LogP contribution in [-0.2, 0) is 49.9 Å². The van der Waals surface area contributed by atoms with Gasteiger partial charge in [-0.05, 0) is 98.6 Å². The molecule has 0 amide bonds. The van der Waals surface area contributed by atoms with Crippen molar-refractivity contribution in [3.8, 4) is 0 Å². The highest BCUT2D eigenvalue weighted by Gasteiger charge is 2.99. The highest BCUT2D eigenvalue weighted by atomic mass is 32.2. The number of epoxide rings is 1. The number of nitrogens with zero attached hydrogens (tertiary/aromatic N) is 3. The second-order valence-corrected chi connectivity index (χ2v) is 20.9. The topological polar surface area (TPSA) is 146 Å². The van der Waals surface area contributed by atoms with E-state index in [-0.39, 0.29) is 17.9 Å². The lowest BCUT2D eigenvalue weighted by Gasteiger charge is -2.58. The zero-order valence-corrected chi connectivity index (χ0v) is 38.9. The van der Waals surface area contributed by atoms with Crippen molar-refractivity contribution in [2.24, 2.45) is 22.7 Å². The van der Waals surface area contributed by atoms with E-state index in [0.29, 0.717) is 51.6 Å². The first kappa shape index (κ1) is 43.2. The highest BCUT2D eigenvalue weighted by molar-refractivity contribution is 7.99. The fourth-order valence-corrected chi connectivity index (χ4v) is 15.5. The summed E-state index contributed by atoms with van der Waals surface area (Å²) in [4.78, 5) is 55.4. The first-order chi connectivity index (χ1) is 30.2. The van der Waals surface area contributed by atoms with E-state index < -0.39 is 63.2 Å². The summed E-state index contributed by atoms with van der Waals surface area (Å²) in [7, 11) is 6.53. The van der Waals surface area contributed by atoms with E-state index in [1.165, 1.54) is 26.0 Å². The van der Waals surface area contributed by atoms with E-state index >= 15 is 4.79 Å². The van der Waals surface area contributed by atoms with Gasteiger partial charge in [0.15, 0.2) is 11.8 Å². The van der Waals surface area contributed by atoms with Gasteiger partial charge in [0, 0.05) is 91.8 Å². The average molecular weight is 885 g/mol. The van der Waals surface area contributed by atoms with Gasteiger partial charge in [0.1, 0.15) is 5.41 Å². The van der Waals surface area contributed by atoms with Gasteiger partial charge in [0.05, 0.1) is 31.3 Å². The van der Waals surface area contributed by atoms with Gasteiger partial charge in [-0.1, -0.05) is 39.0 Å². The van der Waals surface area contributed by atoms with E-state index in [1.807, 2.05) is 18.8 Å². The highest BCUT2D eigenvalue weighted by Crippen LogP contribution is 2.82. The number of nitrogens with one attached hydrogen (secondary N) is 1. The van der Waals surface area contributed by atoms with Crippen molar-refractivity contribution in [1.29, 1.82) is 0 Å². The Kier molecular flexibility index (Phi) is 10.2. The molecular formula is C49H64N4O9S. The van der Waals surface area contributed by atoms with Crippen molar-refractivity contribution >= 4 is 40.6 Å². The number of aromatic nitrogens is 1. The van der Waals surface area contributed by atoms with E-state index in [1.54, 1.807) is 7.11 Å². The molecule has 10 rings (SSSR count). The first-order valence-corrected chi connectivity index (χ1v) is 24.1. The van der Waals surface area contributed by atoms with E-state index in [9.17, 15) is 14.7 Å². The summed E-state index contributed by atoms with van der Waals surface area (Å²) in [6.07, 6.45) is 11.7. The molecule has 7 heterocycles. The molecule has 0 radical (unpaired) electrons. The van der Waals surface area contributed by atoms with Crippen LogP contribution in [0, 0.1) is 22.7 Å². The van der Waals surface area contributed by atoms with Gasteiger partial charge in [-0.25, -0.2) is 4.79 Å². The van der Waals surface area contributed by atoms with Crippen molar-refractivity contribution in [2.75, 3.05) is 66.9 Å². The average Bonchev–Trinajstić information content (AvgIpc) is 3.53. The number of aliphatic hydroxyl groups is 1. The molecule has 2 aliphatic carbocycles. The summed E-state index contributed by atoms with van der Waals surface area (Å²) in [5, 5.41) is 13.2. The Hall–Kier alpha value is -3.66. The maximum absolute atomic E-state index is 15.6. The number of esters is 3. The second-order valence-electron chi connectivity index (χ2n) is 19.7. The number of carbonyl (C=O) groups excluding carboxylic acids is 3. The Morgan fingerprint density at radius 3 is 2.52 bits per heavy atom. The van der Waals surface area contributed by atoms with Crippen molar-refractivity contribution in [2.45, 2.75) is 118 Å². The number of piperidine rings is 1. The number of thioether (sulfide) groups is 1. The van der Waals surface area contributed by atoms with Gasteiger partial charge in [0.2, 0.25) is 0 Å². The predicted molar refractivity (Wildman–Crippen MR) is 238 cm³/mol. The first-order valence-electron chi connectivity index (χ1n) is 23.1.